The monoisotopic (exact) mass is 324 g/mol. The lowest BCUT2D eigenvalue weighted by atomic mass is 10.2. The molecule has 0 saturated heterocycles. The smallest absolute Gasteiger partial charge is 0.253 e. The molecule has 106 valence electrons. The number of hydrogen-bond donors (Lipinski definition) is 1. The van der Waals surface area contributed by atoms with E-state index in [-0.39, 0.29) is 19.0 Å². The van der Waals surface area contributed by atoms with E-state index >= 15 is 0 Å². The number of amides is 1. The van der Waals surface area contributed by atoms with Crippen LogP contribution in [0, 0.1) is 0 Å². The summed E-state index contributed by atoms with van der Waals surface area (Å²) in [5.74, 6) is -0.256. The standard InChI is InChI=1S/C11H14Cl2N2O3S/c1-15(6-5-14-19(2,17)18)11(16)8-3-4-9(12)10(13)7-8/h3-4,7,14H,5-6H2,1-2H3. The van der Waals surface area contributed by atoms with Crippen LogP contribution < -0.4 is 4.72 Å². The van der Waals surface area contributed by atoms with Crippen molar-refractivity contribution in [2.75, 3.05) is 26.4 Å². The summed E-state index contributed by atoms with van der Waals surface area (Å²) in [7, 11) is -1.67. The maximum absolute atomic E-state index is 12.0. The molecule has 1 rings (SSSR count). The Morgan fingerprint density at radius 2 is 1.95 bits per heavy atom. The summed E-state index contributed by atoms with van der Waals surface area (Å²) < 4.78 is 24.1. The third kappa shape index (κ3) is 5.36. The lowest BCUT2D eigenvalue weighted by molar-refractivity contribution is 0.0797. The van der Waals surface area contributed by atoms with Gasteiger partial charge in [-0.15, -0.1) is 0 Å². The Labute approximate surface area is 122 Å². The number of rotatable bonds is 5. The predicted molar refractivity (Wildman–Crippen MR) is 76.3 cm³/mol. The van der Waals surface area contributed by atoms with E-state index in [0.717, 1.165) is 6.26 Å². The number of nitrogens with one attached hydrogen (secondary N) is 1. The second-order valence-corrected chi connectivity index (χ2v) is 6.67. The first-order valence-corrected chi connectivity index (χ1v) is 8.00. The summed E-state index contributed by atoms with van der Waals surface area (Å²) >= 11 is 11.6. The van der Waals surface area contributed by atoms with E-state index in [0.29, 0.717) is 15.6 Å². The van der Waals surface area contributed by atoms with Crippen molar-refractivity contribution in [1.82, 2.24) is 9.62 Å². The summed E-state index contributed by atoms with van der Waals surface area (Å²) in [5, 5.41) is 0.676. The molecule has 0 heterocycles. The lowest BCUT2D eigenvalue weighted by Crippen LogP contribution is -2.35. The van der Waals surface area contributed by atoms with E-state index in [2.05, 4.69) is 4.72 Å². The molecule has 0 aliphatic rings. The van der Waals surface area contributed by atoms with Gasteiger partial charge in [0.2, 0.25) is 10.0 Å². The van der Waals surface area contributed by atoms with Crippen molar-refractivity contribution in [3.05, 3.63) is 33.8 Å². The largest absolute Gasteiger partial charge is 0.340 e. The summed E-state index contributed by atoms with van der Waals surface area (Å²) in [4.78, 5) is 13.4. The summed E-state index contributed by atoms with van der Waals surface area (Å²) in [5.41, 5.74) is 0.399. The van der Waals surface area contributed by atoms with Gasteiger partial charge < -0.3 is 4.90 Å². The summed E-state index contributed by atoms with van der Waals surface area (Å²) in [6.45, 7) is 0.411. The van der Waals surface area contributed by atoms with Crippen molar-refractivity contribution < 1.29 is 13.2 Å². The molecule has 0 spiro atoms. The quantitative estimate of drug-likeness (QED) is 0.894. The van der Waals surface area contributed by atoms with Crippen LogP contribution in [0.25, 0.3) is 0 Å². The maximum Gasteiger partial charge on any atom is 0.253 e. The highest BCUT2D eigenvalue weighted by molar-refractivity contribution is 7.88. The minimum atomic E-state index is -3.25. The Bertz CT molecular complexity index is 575. The Morgan fingerprint density at radius 3 is 2.47 bits per heavy atom. The van der Waals surface area contributed by atoms with E-state index < -0.39 is 10.0 Å². The van der Waals surface area contributed by atoms with Crippen molar-refractivity contribution in [3.8, 4) is 0 Å². The van der Waals surface area contributed by atoms with Crippen LogP contribution >= 0.6 is 23.2 Å². The summed E-state index contributed by atoms with van der Waals surface area (Å²) in [6.07, 6.45) is 1.06. The van der Waals surface area contributed by atoms with E-state index in [1.165, 1.54) is 11.0 Å². The Hall–Kier alpha value is -0.820. The van der Waals surface area contributed by atoms with Crippen molar-refractivity contribution in [1.29, 1.82) is 0 Å². The molecule has 19 heavy (non-hydrogen) atoms. The molecule has 1 amide bonds. The second kappa shape index (κ2) is 6.56. The normalized spacial score (nSPS) is 11.4. The minimum Gasteiger partial charge on any atom is -0.340 e. The van der Waals surface area contributed by atoms with Crippen LogP contribution in [0.5, 0.6) is 0 Å². The van der Waals surface area contributed by atoms with Crippen molar-refractivity contribution in [3.63, 3.8) is 0 Å². The van der Waals surface area contributed by atoms with E-state index in [1.54, 1.807) is 19.2 Å². The number of carbonyl (C=O) groups is 1. The molecule has 0 saturated carbocycles. The number of sulfonamides is 1. The van der Waals surface area contributed by atoms with Gasteiger partial charge in [0.25, 0.3) is 5.91 Å². The van der Waals surface area contributed by atoms with Crippen LogP contribution in [0.15, 0.2) is 18.2 Å². The molecule has 0 fully saturated rings. The van der Waals surface area contributed by atoms with Gasteiger partial charge in [-0.3, -0.25) is 4.79 Å². The SMILES string of the molecule is CN(CCNS(C)(=O)=O)C(=O)c1ccc(Cl)c(Cl)c1. The first-order chi connectivity index (χ1) is 8.70. The van der Waals surface area contributed by atoms with Crippen molar-refractivity contribution in [2.45, 2.75) is 0 Å². The highest BCUT2D eigenvalue weighted by Crippen LogP contribution is 2.23. The van der Waals surface area contributed by atoms with Crippen LogP contribution in [0.2, 0.25) is 10.0 Å². The van der Waals surface area contributed by atoms with E-state index in [9.17, 15) is 13.2 Å². The molecule has 0 atom stereocenters. The zero-order chi connectivity index (χ0) is 14.6. The van der Waals surface area contributed by atoms with Gasteiger partial charge in [0.1, 0.15) is 0 Å². The fourth-order valence-electron chi connectivity index (χ4n) is 1.35. The number of hydrogen-bond acceptors (Lipinski definition) is 3. The molecule has 0 bridgehead atoms. The number of benzene rings is 1. The average Bonchev–Trinajstić information content (AvgIpc) is 2.30. The summed E-state index contributed by atoms with van der Waals surface area (Å²) in [6, 6.07) is 4.59. The molecular formula is C11H14Cl2N2O3S. The molecule has 1 aromatic carbocycles. The first-order valence-electron chi connectivity index (χ1n) is 5.36. The minimum absolute atomic E-state index is 0.155. The Kier molecular flexibility index (Phi) is 5.61. The van der Waals surface area contributed by atoms with E-state index in [1.807, 2.05) is 0 Å². The molecule has 1 N–H and O–H groups in total. The Morgan fingerprint density at radius 1 is 1.32 bits per heavy atom. The average molecular weight is 325 g/mol. The first kappa shape index (κ1) is 16.2. The molecule has 5 nitrogen and oxygen atoms in total. The number of carbonyl (C=O) groups excluding carboxylic acids is 1. The highest BCUT2D eigenvalue weighted by Gasteiger charge is 2.13. The molecule has 0 radical (unpaired) electrons. The lowest BCUT2D eigenvalue weighted by Gasteiger charge is -2.17. The van der Waals surface area contributed by atoms with Gasteiger partial charge in [-0.1, -0.05) is 23.2 Å². The van der Waals surface area contributed by atoms with Gasteiger partial charge in [0, 0.05) is 25.7 Å². The third-order valence-corrected chi connectivity index (χ3v) is 3.79. The van der Waals surface area contributed by atoms with Crippen LogP contribution in [-0.2, 0) is 10.0 Å². The van der Waals surface area contributed by atoms with Gasteiger partial charge >= 0.3 is 0 Å². The van der Waals surface area contributed by atoms with Gasteiger partial charge in [-0.2, -0.15) is 0 Å². The molecule has 8 heteroatoms. The van der Waals surface area contributed by atoms with Crippen molar-refractivity contribution >= 4 is 39.1 Å². The van der Waals surface area contributed by atoms with Gasteiger partial charge in [-0.05, 0) is 18.2 Å². The number of halogens is 2. The molecule has 0 unspecified atom stereocenters. The second-order valence-electron chi connectivity index (χ2n) is 4.02. The third-order valence-electron chi connectivity index (χ3n) is 2.32. The number of nitrogens with zero attached hydrogens (tertiary/aromatic N) is 1. The molecule has 0 aliphatic carbocycles. The fourth-order valence-corrected chi connectivity index (χ4v) is 2.11. The number of likely N-dealkylation sites (N-methyl/N-ethyl adjacent to an activating group) is 1. The fraction of sp³-hybridized carbons (Fsp3) is 0.364. The topological polar surface area (TPSA) is 66.5 Å². The molecule has 1 aromatic rings. The zero-order valence-corrected chi connectivity index (χ0v) is 12.8. The highest BCUT2D eigenvalue weighted by atomic mass is 35.5. The van der Waals surface area contributed by atoms with E-state index in [4.69, 9.17) is 23.2 Å². The van der Waals surface area contributed by atoms with Crippen LogP contribution in [0.1, 0.15) is 10.4 Å². The molecular weight excluding hydrogens is 311 g/mol. The molecule has 0 aromatic heterocycles. The van der Waals surface area contributed by atoms with Gasteiger partial charge in [0.15, 0.2) is 0 Å². The van der Waals surface area contributed by atoms with Crippen LogP contribution in [0.4, 0.5) is 0 Å². The van der Waals surface area contributed by atoms with Crippen molar-refractivity contribution in [2.24, 2.45) is 0 Å². The Balaban J connectivity index is 2.64. The molecule has 0 aliphatic heterocycles. The zero-order valence-electron chi connectivity index (χ0n) is 10.5. The van der Waals surface area contributed by atoms with Crippen LogP contribution in [-0.4, -0.2) is 45.6 Å². The maximum atomic E-state index is 12.0. The van der Waals surface area contributed by atoms with Gasteiger partial charge in [-0.25, -0.2) is 13.1 Å². The van der Waals surface area contributed by atoms with Crippen LogP contribution in [0.3, 0.4) is 0 Å². The van der Waals surface area contributed by atoms with Gasteiger partial charge in [0.05, 0.1) is 16.3 Å². The predicted octanol–water partition coefficient (Wildman–Crippen LogP) is 1.61.